The fourth-order valence-electron chi connectivity index (χ4n) is 2.13. The van der Waals surface area contributed by atoms with Crippen LogP contribution in [-0.4, -0.2) is 5.78 Å². The van der Waals surface area contributed by atoms with Gasteiger partial charge in [0.25, 0.3) is 0 Å². The van der Waals surface area contributed by atoms with Crippen LogP contribution in [0, 0.1) is 6.92 Å². The molecule has 0 amide bonds. The molecule has 0 radical (unpaired) electrons. The fourth-order valence-corrected chi connectivity index (χ4v) is 2.13. The maximum Gasteiger partial charge on any atom is 0.158 e. The molecular weight excluding hydrogens is 172 g/mol. The summed E-state index contributed by atoms with van der Waals surface area (Å²) in [6, 6.07) is 8.24. The number of hydrogen-bond acceptors (Lipinski definition) is 1. The minimum Gasteiger partial charge on any atom is -0.295 e. The molecule has 1 heteroatoms. The first-order chi connectivity index (χ1) is 6.70. The zero-order valence-corrected chi connectivity index (χ0v) is 8.42. The summed E-state index contributed by atoms with van der Waals surface area (Å²) in [5, 5.41) is 0. The highest BCUT2D eigenvalue weighted by Gasteiger charge is 2.28. The highest BCUT2D eigenvalue weighted by atomic mass is 16.1. The van der Waals surface area contributed by atoms with E-state index in [0.717, 1.165) is 12.0 Å². The van der Waals surface area contributed by atoms with Gasteiger partial charge in [0, 0.05) is 12.3 Å². The van der Waals surface area contributed by atoms with Crippen LogP contribution in [0.4, 0.5) is 0 Å². The van der Waals surface area contributed by atoms with Crippen molar-refractivity contribution >= 4 is 5.78 Å². The lowest BCUT2D eigenvalue weighted by Crippen LogP contribution is -2.00. The maximum absolute atomic E-state index is 11.4. The molecule has 1 atom stereocenters. The molecule has 72 valence electrons. The monoisotopic (exact) mass is 186 g/mol. The van der Waals surface area contributed by atoms with Crippen LogP contribution in [0.3, 0.4) is 0 Å². The third-order valence-corrected chi connectivity index (χ3v) is 3.00. The molecule has 0 heterocycles. The van der Waals surface area contributed by atoms with Crippen LogP contribution in [0.25, 0.3) is 0 Å². The summed E-state index contributed by atoms with van der Waals surface area (Å²) in [5.74, 6) is 0.502. The molecule has 0 spiro atoms. The van der Waals surface area contributed by atoms with E-state index in [4.69, 9.17) is 0 Å². The zero-order chi connectivity index (χ0) is 10.1. The Morgan fingerprint density at radius 2 is 2.07 bits per heavy atom. The van der Waals surface area contributed by atoms with Crippen molar-refractivity contribution in [2.45, 2.75) is 25.7 Å². The van der Waals surface area contributed by atoms with E-state index in [1.165, 1.54) is 11.1 Å². The van der Waals surface area contributed by atoms with Gasteiger partial charge in [-0.1, -0.05) is 30.8 Å². The lowest BCUT2D eigenvalue weighted by atomic mass is 9.91. The molecule has 0 aromatic heterocycles. The Labute approximate surface area is 84.5 Å². The van der Waals surface area contributed by atoms with Gasteiger partial charge >= 0.3 is 0 Å². The fraction of sp³-hybridized carbons (Fsp3) is 0.308. The van der Waals surface area contributed by atoms with Crippen molar-refractivity contribution in [3.8, 4) is 0 Å². The molecule has 1 aliphatic rings. The number of rotatable bonds is 1. The summed E-state index contributed by atoms with van der Waals surface area (Å²) in [7, 11) is 0. The second kappa shape index (κ2) is 3.41. The number of aryl methyl sites for hydroxylation is 1. The van der Waals surface area contributed by atoms with Crippen molar-refractivity contribution < 1.29 is 4.79 Å². The molecule has 0 saturated heterocycles. The molecule has 1 unspecified atom stereocenters. The van der Waals surface area contributed by atoms with Gasteiger partial charge in [-0.15, -0.1) is 0 Å². The molecule has 0 aliphatic heterocycles. The van der Waals surface area contributed by atoms with E-state index in [1.54, 1.807) is 0 Å². The van der Waals surface area contributed by atoms with Crippen molar-refractivity contribution in [2.24, 2.45) is 0 Å². The quantitative estimate of drug-likeness (QED) is 0.616. The van der Waals surface area contributed by atoms with Crippen LogP contribution in [-0.2, 0) is 4.79 Å². The zero-order valence-electron chi connectivity index (χ0n) is 8.42. The van der Waals surface area contributed by atoms with Crippen molar-refractivity contribution in [3.05, 3.63) is 47.5 Å². The predicted octanol–water partition coefficient (Wildman–Crippen LogP) is 3.00. The van der Waals surface area contributed by atoms with Crippen molar-refractivity contribution in [2.75, 3.05) is 0 Å². The number of ketones is 1. The molecular formula is C13H14O. The number of benzene rings is 1. The molecule has 1 saturated carbocycles. The minimum atomic E-state index is 0.234. The molecule has 2 rings (SSSR count). The van der Waals surface area contributed by atoms with E-state index in [-0.39, 0.29) is 11.7 Å². The van der Waals surface area contributed by atoms with Gasteiger partial charge < -0.3 is 0 Å². The Balaban J connectivity index is 2.37. The largest absolute Gasteiger partial charge is 0.295 e. The van der Waals surface area contributed by atoms with Crippen LogP contribution in [0.15, 0.2) is 36.4 Å². The smallest absolute Gasteiger partial charge is 0.158 e. The summed E-state index contributed by atoms with van der Waals surface area (Å²) in [6.07, 6.45) is 1.60. The van der Waals surface area contributed by atoms with Crippen molar-refractivity contribution in [1.29, 1.82) is 0 Å². The van der Waals surface area contributed by atoms with Crippen LogP contribution in [0.2, 0.25) is 0 Å². The van der Waals surface area contributed by atoms with E-state index >= 15 is 0 Å². The first-order valence-electron chi connectivity index (χ1n) is 4.97. The highest BCUT2D eigenvalue weighted by Crippen LogP contribution is 2.36. The SMILES string of the molecule is C=C1C(=O)CCC1c1ccccc1C. The predicted molar refractivity (Wildman–Crippen MR) is 57.3 cm³/mol. The summed E-state index contributed by atoms with van der Waals surface area (Å²) < 4.78 is 0. The molecule has 1 aliphatic carbocycles. The van der Waals surface area contributed by atoms with Crippen LogP contribution in [0.5, 0.6) is 0 Å². The molecule has 1 fully saturated rings. The lowest BCUT2D eigenvalue weighted by molar-refractivity contribution is -0.114. The van der Waals surface area contributed by atoms with Gasteiger partial charge in [-0.25, -0.2) is 0 Å². The third kappa shape index (κ3) is 1.39. The van der Waals surface area contributed by atoms with Crippen molar-refractivity contribution in [3.63, 3.8) is 0 Å². The summed E-state index contributed by atoms with van der Waals surface area (Å²) >= 11 is 0. The summed E-state index contributed by atoms with van der Waals surface area (Å²) in [6.45, 7) is 5.97. The molecule has 0 N–H and O–H groups in total. The third-order valence-electron chi connectivity index (χ3n) is 3.00. The molecule has 1 aromatic rings. The Morgan fingerprint density at radius 1 is 1.36 bits per heavy atom. The minimum absolute atomic E-state index is 0.234. The van der Waals surface area contributed by atoms with Gasteiger partial charge in [-0.3, -0.25) is 4.79 Å². The molecule has 1 nitrogen and oxygen atoms in total. The standard InChI is InChI=1S/C13H14O/c1-9-5-3-4-6-11(9)12-7-8-13(14)10(12)2/h3-6,12H,2,7-8H2,1H3. The Bertz CT molecular complexity index is 390. The van der Waals surface area contributed by atoms with Gasteiger partial charge in [-0.2, -0.15) is 0 Å². The topological polar surface area (TPSA) is 17.1 Å². The molecule has 1 aromatic carbocycles. The van der Waals surface area contributed by atoms with Gasteiger partial charge in [0.05, 0.1) is 0 Å². The van der Waals surface area contributed by atoms with Gasteiger partial charge in [0.1, 0.15) is 0 Å². The highest BCUT2D eigenvalue weighted by molar-refractivity contribution is 5.98. The van der Waals surface area contributed by atoms with Gasteiger partial charge in [-0.05, 0) is 30.0 Å². The first kappa shape index (κ1) is 9.20. The van der Waals surface area contributed by atoms with Gasteiger partial charge in [0.2, 0.25) is 0 Å². The number of hydrogen-bond donors (Lipinski definition) is 0. The number of Topliss-reactive ketones (excluding diaryl/α,β-unsaturated/α-hetero) is 1. The number of carbonyl (C=O) groups is 1. The van der Waals surface area contributed by atoms with Crippen LogP contribution in [0.1, 0.15) is 29.9 Å². The Kier molecular flexibility index (Phi) is 2.24. The van der Waals surface area contributed by atoms with Crippen LogP contribution >= 0.6 is 0 Å². The number of carbonyl (C=O) groups excluding carboxylic acids is 1. The van der Waals surface area contributed by atoms with E-state index in [9.17, 15) is 4.79 Å². The van der Waals surface area contributed by atoms with E-state index in [0.29, 0.717) is 6.42 Å². The maximum atomic E-state index is 11.4. The number of allylic oxidation sites excluding steroid dienone is 1. The Morgan fingerprint density at radius 3 is 2.64 bits per heavy atom. The summed E-state index contributed by atoms with van der Waals surface area (Å²) in [5.41, 5.74) is 3.32. The normalized spacial score (nSPS) is 21.6. The van der Waals surface area contributed by atoms with E-state index in [2.05, 4.69) is 25.6 Å². The average molecular weight is 186 g/mol. The first-order valence-corrected chi connectivity index (χ1v) is 4.97. The second-order valence-electron chi connectivity index (χ2n) is 3.90. The molecule has 14 heavy (non-hydrogen) atoms. The lowest BCUT2D eigenvalue weighted by Gasteiger charge is -2.13. The van der Waals surface area contributed by atoms with Crippen LogP contribution < -0.4 is 0 Å². The van der Waals surface area contributed by atoms with E-state index in [1.807, 2.05) is 12.1 Å². The van der Waals surface area contributed by atoms with E-state index < -0.39 is 0 Å². The van der Waals surface area contributed by atoms with Gasteiger partial charge in [0.15, 0.2) is 5.78 Å². The average Bonchev–Trinajstić information content (AvgIpc) is 2.49. The van der Waals surface area contributed by atoms with Crippen molar-refractivity contribution in [1.82, 2.24) is 0 Å². The second-order valence-corrected chi connectivity index (χ2v) is 3.90. The molecule has 0 bridgehead atoms. The summed E-state index contributed by atoms with van der Waals surface area (Å²) in [4.78, 5) is 11.4. The Hall–Kier alpha value is -1.37.